The van der Waals surface area contributed by atoms with Crippen LogP contribution in [0.15, 0.2) is 59.6 Å². The summed E-state index contributed by atoms with van der Waals surface area (Å²) in [6.45, 7) is 6.08. The number of para-hydroxylation sites is 1. The molecule has 0 unspecified atom stereocenters. The van der Waals surface area contributed by atoms with Crippen molar-refractivity contribution in [3.8, 4) is 11.5 Å². The molecule has 0 aliphatic heterocycles. The summed E-state index contributed by atoms with van der Waals surface area (Å²) in [5.74, 6) is 1.69. The summed E-state index contributed by atoms with van der Waals surface area (Å²) in [5, 5.41) is 5.62. The number of rotatable bonds is 6. The van der Waals surface area contributed by atoms with Gasteiger partial charge in [-0.25, -0.2) is 4.79 Å². The molecular weight excluding hydrogens is 471 g/mol. The van der Waals surface area contributed by atoms with E-state index in [0.717, 1.165) is 11.4 Å². The number of guanidine groups is 1. The quantitative estimate of drug-likeness (QED) is 0.238. The van der Waals surface area contributed by atoms with Crippen LogP contribution in [0.3, 0.4) is 0 Å². The van der Waals surface area contributed by atoms with E-state index in [0.29, 0.717) is 18.8 Å². The molecule has 1 amide bonds. The Morgan fingerprint density at radius 2 is 1.75 bits per heavy atom. The average molecular weight is 498 g/mol. The fraction of sp³-hybridized carbons (Fsp3) is 0.300. The van der Waals surface area contributed by atoms with Gasteiger partial charge in [0.2, 0.25) is 0 Å². The molecule has 0 aliphatic carbocycles. The van der Waals surface area contributed by atoms with Gasteiger partial charge in [-0.3, -0.25) is 4.99 Å². The van der Waals surface area contributed by atoms with Crippen LogP contribution in [0.5, 0.6) is 11.5 Å². The molecule has 0 radical (unpaired) electrons. The van der Waals surface area contributed by atoms with Crippen molar-refractivity contribution in [3.63, 3.8) is 0 Å². The maximum Gasteiger partial charge on any atom is 0.407 e. The summed E-state index contributed by atoms with van der Waals surface area (Å²) in [6.07, 6.45) is -0.477. The second kappa shape index (κ2) is 11.4. The van der Waals surface area contributed by atoms with Crippen LogP contribution in [0.4, 0.5) is 10.5 Å². The summed E-state index contributed by atoms with van der Waals surface area (Å²) in [6, 6.07) is 16.9. The van der Waals surface area contributed by atoms with Gasteiger partial charge in [-0.2, -0.15) is 0 Å². The zero-order chi connectivity index (χ0) is 19.7. The molecule has 0 atom stereocenters. The fourth-order valence-corrected chi connectivity index (χ4v) is 2.10. The van der Waals surface area contributed by atoms with Gasteiger partial charge in [0.25, 0.3) is 0 Å². The Balaban J connectivity index is 0.00000392. The van der Waals surface area contributed by atoms with Crippen LogP contribution in [-0.4, -0.2) is 30.7 Å². The summed E-state index contributed by atoms with van der Waals surface area (Å²) in [7, 11) is 0. The van der Waals surface area contributed by atoms with Gasteiger partial charge in [0.1, 0.15) is 17.1 Å². The van der Waals surface area contributed by atoms with E-state index in [2.05, 4.69) is 15.6 Å². The Labute approximate surface area is 182 Å². The molecule has 4 N–H and O–H groups in total. The first kappa shape index (κ1) is 23.5. The highest BCUT2D eigenvalue weighted by molar-refractivity contribution is 14.0. The number of nitrogens with two attached hydrogens (primary N) is 1. The number of nitrogens with one attached hydrogen (secondary N) is 2. The fourth-order valence-electron chi connectivity index (χ4n) is 2.10. The van der Waals surface area contributed by atoms with Crippen molar-refractivity contribution in [2.24, 2.45) is 10.7 Å². The van der Waals surface area contributed by atoms with Gasteiger partial charge in [-0.1, -0.05) is 24.3 Å². The molecule has 8 heteroatoms. The maximum atomic E-state index is 11.5. The molecule has 7 nitrogen and oxygen atoms in total. The third-order valence-electron chi connectivity index (χ3n) is 3.15. The minimum atomic E-state index is -0.527. The molecule has 0 aliphatic rings. The van der Waals surface area contributed by atoms with Gasteiger partial charge in [0, 0.05) is 18.3 Å². The second-order valence-corrected chi connectivity index (χ2v) is 6.76. The summed E-state index contributed by atoms with van der Waals surface area (Å²) < 4.78 is 10.9. The highest BCUT2D eigenvalue weighted by Crippen LogP contribution is 2.23. The van der Waals surface area contributed by atoms with Crippen LogP contribution in [0.2, 0.25) is 0 Å². The molecule has 152 valence electrons. The molecule has 0 saturated carbocycles. The number of halogens is 1. The molecule has 0 heterocycles. The number of nitrogens with zero attached hydrogens (tertiary/aromatic N) is 1. The van der Waals surface area contributed by atoms with Crippen LogP contribution in [-0.2, 0) is 4.74 Å². The normalized spacial score (nSPS) is 11.2. The largest absolute Gasteiger partial charge is 0.457 e. The summed E-state index contributed by atoms with van der Waals surface area (Å²) in [4.78, 5) is 15.7. The topological polar surface area (TPSA) is 98.0 Å². The molecule has 2 aromatic carbocycles. The van der Waals surface area contributed by atoms with Crippen molar-refractivity contribution in [3.05, 3.63) is 54.6 Å². The first-order chi connectivity index (χ1) is 12.8. The summed E-state index contributed by atoms with van der Waals surface area (Å²) >= 11 is 0. The Bertz CT molecular complexity index is 777. The van der Waals surface area contributed by atoms with Gasteiger partial charge < -0.3 is 25.8 Å². The molecule has 0 fully saturated rings. The van der Waals surface area contributed by atoms with Gasteiger partial charge in [0.15, 0.2) is 5.96 Å². The van der Waals surface area contributed by atoms with Crippen LogP contribution < -0.4 is 21.1 Å². The third kappa shape index (κ3) is 9.45. The lowest BCUT2D eigenvalue weighted by Gasteiger charge is -2.19. The van der Waals surface area contributed by atoms with Crippen molar-refractivity contribution >= 4 is 41.7 Å². The molecule has 28 heavy (non-hydrogen) atoms. The first-order valence-electron chi connectivity index (χ1n) is 8.68. The predicted octanol–water partition coefficient (Wildman–Crippen LogP) is 4.35. The SMILES string of the molecule is CC(C)(C)OC(=O)NCCN=C(N)Nc1cccc(Oc2ccccc2)c1.I. The van der Waals surface area contributed by atoms with Crippen molar-refractivity contribution in [2.75, 3.05) is 18.4 Å². The van der Waals surface area contributed by atoms with Crippen LogP contribution in [0.25, 0.3) is 0 Å². The van der Waals surface area contributed by atoms with Gasteiger partial charge >= 0.3 is 6.09 Å². The maximum absolute atomic E-state index is 11.5. The van der Waals surface area contributed by atoms with Gasteiger partial charge in [-0.05, 0) is 45.0 Å². The standard InChI is InChI=1S/C20H26N4O3.HI/c1-20(2,3)27-19(25)23-13-12-22-18(21)24-15-8-7-11-17(14-15)26-16-9-5-4-6-10-16;/h4-11,14H,12-13H2,1-3H3,(H,23,25)(H3,21,22,24);1H. The third-order valence-corrected chi connectivity index (χ3v) is 3.15. The number of aliphatic imine (C=N–C) groups is 1. The van der Waals surface area contributed by atoms with E-state index in [-0.39, 0.29) is 29.9 Å². The van der Waals surface area contributed by atoms with Gasteiger partial charge in [0.05, 0.1) is 6.54 Å². The number of carbonyl (C=O) groups is 1. The predicted molar refractivity (Wildman–Crippen MR) is 123 cm³/mol. The molecule has 0 bridgehead atoms. The number of carbonyl (C=O) groups excluding carboxylic acids is 1. The van der Waals surface area contributed by atoms with E-state index in [1.54, 1.807) is 0 Å². The molecule has 2 aromatic rings. The Hall–Kier alpha value is -2.49. The highest BCUT2D eigenvalue weighted by Gasteiger charge is 2.15. The molecule has 2 rings (SSSR count). The number of amides is 1. The lowest BCUT2D eigenvalue weighted by atomic mass is 10.2. The molecule has 0 spiro atoms. The zero-order valence-electron chi connectivity index (χ0n) is 16.3. The molecule has 0 aromatic heterocycles. The van der Waals surface area contributed by atoms with E-state index in [9.17, 15) is 4.79 Å². The van der Waals surface area contributed by atoms with E-state index in [4.69, 9.17) is 15.2 Å². The van der Waals surface area contributed by atoms with Crippen molar-refractivity contribution < 1.29 is 14.3 Å². The Morgan fingerprint density at radius 1 is 1.07 bits per heavy atom. The minimum absolute atomic E-state index is 0. The van der Waals surface area contributed by atoms with E-state index >= 15 is 0 Å². The van der Waals surface area contributed by atoms with Crippen molar-refractivity contribution in [2.45, 2.75) is 26.4 Å². The lowest BCUT2D eigenvalue weighted by molar-refractivity contribution is 0.0529. The van der Waals surface area contributed by atoms with E-state index in [1.807, 2.05) is 75.4 Å². The van der Waals surface area contributed by atoms with Crippen LogP contribution >= 0.6 is 24.0 Å². The highest BCUT2D eigenvalue weighted by atomic mass is 127. The summed E-state index contributed by atoms with van der Waals surface area (Å²) in [5.41, 5.74) is 6.11. The van der Waals surface area contributed by atoms with Crippen molar-refractivity contribution in [1.82, 2.24) is 5.32 Å². The second-order valence-electron chi connectivity index (χ2n) is 6.76. The van der Waals surface area contributed by atoms with Crippen LogP contribution in [0.1, 0.15) is 20.8 Å². The number of benzene rings is 2. The monoisotopic (exact) mass is 498 g/mol. The van der Waals surface area contributed by atoms with E-state index < -0.39 is 11.7 Å². The molecule has 0 saturated heterocycles. The Morgan fingerprint density at radius 3 is 2.43 bits per heavy atom. The van der Waals surface area contributed by atoms with Crippen LogP contribution in [0, 0.1) is 0 Å². The zero-order valence-corrected chi connectivity index (χ0v) is 18.6. The average Bonchev–Trinajstić information content (AvgIpc) is 2.58. The lowest BCUT2D eigenvalue weighted by Crippen LogP contribution is -2.34. The van der Waals surface area contributed by atoms with Gasteiger partial charge in [-0.15, -0.1) is 24.0 Å². The Kier molecular flexibility index (Phi) is 9.57. The minimum Gasteiger partial charge on any atom is -0.457 e. The van der Waals surface area contributed by atoms with E-state index in [1.165, 1.54) is 0 Å². The first-order valence-corrected chi connectivity index (χ1v) is 8.68. The molecular formula is C20H27IN4O3. The smallest absolute Gasteiger partial charge is 0.407 e. The van der Waals surface area contributed by atoms with Crippen molar-refractivity contribution in [1.29, 1.82) is 0 Å². The number of alkyl carbamates (subject to hydrolysis) is 1. The number of ether oxygens (including phenoxy) is 2. The number of hydrogen-bond donors (Lipinski definition) is 3. The number of anilines is 1. The number of hydrogen-bond acceptors (Lipinski definition) is 4.